The number of aliphatic hydroxyl groups excluding tert-OH is 2. The second kappa shape index (κ2) is 8.56. The lowest BCUT2D eigenvalue weighted by Crippen LogP contribution is -2.38. The van der Waals surface area contributed by atoms with Gasteiger partial charge in [-0.25, -0.2) is 0 Å². The number of piperidine rings is 1. The third kappa shape index (κ3) is 4.83. The minimum Gasteiger partial charge on any atom is -0.395 e. The SMILES string of the molecule is CC1CCCN(/C=C(/C#N)C(=O)N(CCO)CCO)C1. The van der Waals surface area contributed by atoms with Gasteiger partial charge in [0.25, 0.3) is 5.91 Å². The summed E-state index contributed by atoms with van der Waals surface area (Å²) in [5.41, 5.74) is 0.0565. The highest BCUT2D eigenvalue weighted by Crippen LogP contribution is 2.16. The van der Waals surface area contributed by atoms with Gasteiger partial charge < -0.3 is 20.0 Å². The van der Waals surface area contributed by atoms with Gasteiger partial charge in [-0.2, -0.15) is 5.26 Å². The first kappa shape index (κ1) is 16.5. The van der Waals surface area contributed by atoms with Crippen LogP contribution in [0.15, 0.2) is 11.8 Å². The van der Waals surface area contributed by atoms with Crippen LogP contribution in [0.4, 0.5) is 0 Å². The molecule has 2 N–H and O–H groups in total. The summed E-state index contributed by atoms with van der Waals surface area (Å²) < 4.78 is 0. The maximum absolute atomic E-state index is 12.2. The Kier molecular flexibility index (Phi) is 7.05. The van der Waals surface area contributed by atoms with Crippen molar-refractivity contribution in [1.82, 2.24) is 9.80 Å². The van der Waals surface area contributed by atoms with Crippen LogP contribution in [0.2, 0.25) is 0 Å². The van der Waals surface area contributed by atoms with Crippen LogP contribution in [-0.2, 0) is 4.79 Å². The maximum Gasteiger partial charge on any atom is 0.266 e. The number of carbonyl (C=O) groups is 1. The molecule has 0 aliphatic carbocycles. The molecule has 1 fully saturated rings. The van der Waals surface area contributed by atoms with Crippen molar-refractivity contribution in [3.63, 3.8) is 0 Å². The van der Waals surface area contributed by atoms with E-state index in [1.807, 2.05) is 11.0 Å². The monoisotopic (exact) mass is 281 g/mol. The number of nitriles is 1. The van der Waals surface area contributed by atoms with Gasteiger partial charge in [-0.1, -0.05) is 6.92 Å². The van der Waals surface area contributed by atoms with Gasteiger partial charge in [0, 0.05) is 32.4 Å². The van der Waals surface area contributed by atoms with Gasteiger partial charge in [-0.05, 0) is 18.8 Å². The number of nitrogens with zero attached hydrogens (tertiary/aromatic N) is 3. The van der Waals surface area contributed by atoms with Crippen LogP contribution >= 0.6 is 0 Å². The zero-order valence-corrected chi connectivity index (χ0v) is 12.0. The molecule has 1 atom stereocenters. The highest BCUT2D eigenvalue weighted by Gasteiger charge is 2.20. The van der Waals surface area contributed by atoms with Crippen LogP contribution in [-0.4, -0.2) is 65.3 Å². The molecule has 6 nitrogen and oxygen atoms in total. The Morgan fingerprint density at radius 3 is 2.60 bits per heavy atom. The Morgan fingerprint density at radius 2 is 2.10 bits per heavy atom. The molecule has 1 rings (SSSR count). The second-order valence-electron chi connectivity index (χ2n) is 5.14. The molecule has 0 bridgehead atoms. The van der Waals surface area contributed by atoms with Gasteiger partial charge in [0.1, 0.15) is 11.6 Å². The van der Waals surface area contributed by atoms with Crippen molar-refractivity contribution in [2.45, 2.75) is 19.8 Å². The molecule has 1 heterocycles. The molecule has 1 aliphatic rings. The van der Waals surface area contributed by atoms with Gasteiger partial charge in [-0.15, -0.1) is 0 Å². The van der Waals surface area contributed by atoms with Crippen molar-refractivity contribution in [1.29, 1.82) is 5.26 Å². The van der Waals surface area contributed by atoms with Crippen molar-refractivity contribution < 1.29 is 15.0 Å². The number of rotatable bonds is 6. The fourth-order valence-electron chi connectivity index (χ4n) is 2.38. The van der Waals surface area contributed by atoms with Crippen LogP contribution in [0.1, 0.15) is 19.8 Å². The minimum absolute atomic E-state index is 0.0565. The first-order valence-corrected chi connectivity index (χ1v) is 6.99. The van der Waals surface area contributed by atoms with Crippen molar-refractivity contribution in [3.05, 3.63) is 11.8 Å². The van der Waals surface area contributed by atoms with Gasteiger partial charge >= 0.3 is 0 Å². The lowest BCUT2D eigenvalue weighted by molar-refractivity contribution is -0.127. The van der Waals surface area contributed by atoms with Crippen molar-refractivity contribution in [3.8, 4) is 6.07 Å². The third-order valence-corrected chi connectivity index (χ3v) is 3.38. The molecule has 6 heteroatoms. The molecule has 1 saturated heterocycles. The van der Waals surface area contributed by atoms with Crippen LogP contribution in [0, 0.1) is 17.2 Å². The maximum atomic E-state index is 12.2. The predicted octanol–water partition coefficient (Wildman–Crippen LogP) is -0.0610. The molecule has 0 saturated carbocycles. The molecule has 0 spiro atoms. The Balaban J connectivity index is 2.77. The van der Waals surface area contributed by atoms with Gasteiger partial charge in [0.2, 0.25) is 0 Å². The van der Waals surface area contributed by atoms with Gasteiger partial charge in [0.05, 0.1) is 13.2 Å². The average molecular weight is 281 g/mol. The van der Waals surface area contributed by atoms with E-state index >= 15 is 0 Å². The molecule has 0 aromatic rings. The lowest BCUT2D eigenvalue weighted by Gasteiger charge is -2.30. The standard InChI is InChI=1S/C14H23N3O3/c1-12-3-2-4-16(10-12)11-13(9-15)14(20)17(5-7-18)6-8-19/h11-12,18-19H,2-8,10H2,1H3/b13-11-. The second-order valence-corrected chi connectivity index (χ2v) is 5.14. The summed E-state index contributed by atoms with van der Waals surface area (Å²) in [6, 6.07) is 1.93. The Hall–Kier alpha value is -1.58. The molecule has 0 aromatic carbocycles. The first-order chi connectivity index (χ1) is 9.62. The summed E-state index contributed by atoms with van der Waals surface area (Å²) >= 11 is 0. The van der Waals surface area contributed by atoms with Gasteiger partial charge in [0.15, 0.2) is 0 Å². The number of amides is 1. The highest BCUT2D eigenvalue weighted by molar-refractivity contribution is 5.97. The fourth-order valence-corrected chi connectivity index (χ4v) is 2.38. The third-order valence-electron chi connectivity index (χ3n) is 3.38. The molecule has 1 unspecified atom stereocenters. The molecule has 112 valence electrons. The van der Waals surface area contributed by atoms with Crippen molar-refractivity contribution in [2.75, 3.05) is 39.4 Å². The summed E-state index contributed by atoms with van der Waals surface area (Å²) in [4.78, 5) is 15.5. The highest BCUT2D eigenvalue weighted by atomic mass is 16.3. The first-order valence-electron chi connectivity index (χ1n) is 6.99. The van der Waals surface area contributed by atoms with E-state index in [1.54, 1.807) is 6.20 Å². The minimum atomic E-state index is -0.436. The quantitative estimate of drug-likeness (QED) is 0.526. The van der Waals surface area contributed by atoms with E-state index < -0.39 is 5.91 Å². The van der Waals surface area contributed by atoms with E-state index in [9.17, 15) is 4.79 Å². The molecule has 20 heavy (non-hydrogen) atoms. The van der Waals surface area contributed by atoms with E-state index in [2.05, 4.69) is 6.92 Å². The molecule has 0 aromatic heterocycles. The molecular formula is C14H23N3O3. The summed E-state index contributed by atoms with van der Waals surface area (Å²) in [6.07, 6.45) is 3.84. The smallest absolute Gasteiger partial charge is 0.266 e. The Bertz CT molecular complexity index is 384. The van der Waals surface area contributed by atoms with Gasteiger partial charge in [-0.3, -0.25) is 4.79 Å². The lowest BCUT2D eigenvalue weighted by atomic mass is 10.0. The molecule has 0 radical (unpaired) electrons. The Morgan fingerprint density at radius 1 is 1.45 bits per heavy atom. The molecule has 1 aliphatic heterocycles. The molecule has 1 amide bonds. The number of aliphatic hydroxyl groups is 2. The summed E-state index contributed by atoms with van der Waals surface area (Å²) in [6.45, 7) is 3.71. The molecular weight excluding hydrogens is 258 g/mol. The van der Waals surface area contributed by atoms with E-state index in [4.69, 9.17) is 15.5 Å². The van der Waals surface area contributed by atoms with E-state index in [0.717, 1.165) is 19.5 Å². The zero-order valence-electron chi connectivity index (χ0n) is 12.0. The topological polar surface area (TPSA) is 87.8 Å². The van der Waals surface area contributed by atoms with Crippen LogP contribution < -0.4 is 0 Å². The van der Waals surface area contributed by atoms with Crippen LogP contribution in [0.25, 0.3) is 0 Å². The summed E-state index contributed by atoms with van der Waals surface area (Å²) in [5, 5.41) is 27.0. The van der Waals surface area contributed by atoms with E-state index in [0.29, 0.717) is 5.92 Å². The zero-order chi connectivity index (χ0) is 15.0. The van der Waals surface area contributed by atoms with Crippen molar-refractivity contribution in [2.24, 2.45) is 5.92 Å². The summed E-state index contributed by atoms with van der Waals surface area (Å²) in [7, 11) is 0. The largest absolute Gasteiger partial charge is 0.395 e. The predicted molar refractivity (Wildman–Crippen MR) is 74.4 cm³/mol. The van der Waals surface area contributed by atoms with E-state index in [1.165, 1.54) is 11.3 Å². The normalized spacial score (nSPS) is 19.6. The fraction of sp³-hybridized carbons (Fsp3) is 0.714. The number of hydrogen-bond donors (Lipinski definition) is 2. The van der Waals surface area contributed by atoms with Crippen molar-refractivity contribution >= 4 is 5.91 Å². The number of hydrogen-bond acceptors (Lipinski definition) is 5. The average Bonchev–Trinajstić information content (AvgIpc) is 2.44. The van der Waals surface area contributed by atoms with Crippen LogP contribution in [0.3, 0.4) is 0 Å². The van der Waals surface area contributed by atoms with E-state index in [-0.39, 0.29) is 31.9 Å². The number of likely N-dealkylation sites (tertiary alicyclic amines) is 1. The van der Waals surface area contributed by atoms with Crippen LogP contribution in [0.5, 0.6) is 0 Å². The number of carbonyl (C=O) groups excluding carboxylic acids is 1. The Labute approximate surface area is 119 Å². The summed E-state index contributed by atoms with van der Waals surface area (Å²) in [5.74, 6) is 0.120.